The third kappa shape index (κ3) is 4.56. The van der Waals surface area contributed by atoms with Gasteiger partial charge in [0.2, 0.25) is 5.91 Å². The minimum atomic E-state index is -0.00912. The highest BCUT2D eigenvalue weighted by Crippen LogP contribution is 2.13. The van der Waals surface area contributed by atoms with Crippen LogP contribution in [0.3, 0.4) is 0 Å². The lowest BCUT2D eigenvalue weighted by Gasteiger charge is -2.22. The molecule has 0 spiro atoms. The fourth-order valence-electron chi connectivity index (χ4n) is 1.55. The van der Waals surface area contributed by atoms with Gasteiger partial charge in [-0.15, -0.1) is 0 Å². The Kier molecular flexibility index (Phi) is 5.89. The van der Waals surface area contributed by atoms with Gasteiger partial charge in [0.15, 0.2) is 0 Å². The molecular formula is C14H19N3O. The number of nitrogens with zero attached hydrogens (tertiary/aromatic N) is 2. The Bertz CT molecular complexity index is 409. The van der Waals surface area contributed by atoms with E-state index in [-0.39, 0.29) is 18.5 Å². The molecule has 0 heterocycles. The van der Waals surface area contributed by atoms with E-state index in [0.29, 0.717) is 13.0 Å². The lowest BCUT2D eigenvalue weighted by atomic mass is 10.2. The van der Waals surface area contributed by atoms with E-state index in [1.54, 1.807) is 4.90 Å². The molecule has 18 heavy (non-hydrogen) atoms. The molecule has 0 saturated heterocycles. The van der Waals surface area contributed by atoms with Crippen LogP contribution < -0.4 is 10.2 Å². The van der Waals surface area contributed by atoms with E-state index < -0.39 is 0 Å². The summed E-state index contributed by atoms with van der Waals surface area (Å²) in [6, 6.07) is 11.8. The van der Waals surface area contributed by atoms with Gasteiger partial charge in [0.1, 0.15) is 0 Å². The molecule has 0 atom stereocenters. The molecule has 0 aromatic heterocycles. The van der Waals surface area contributed by atoms with E-state index >= 15 is 0 Å². The summed E-state index contributed by atoms with van der Waals surface area (Å²) in [5, 5.41) is 11.8. The second-order valence-corrected chi connectivity index (χ2v) is 4.32. The maximum absolute atomic E-state index is 12.1. The number of carbonyl (C=O) groups is 1. The summed E-state index contributed by atoms with van der Waals surface area (Å²) >= 11 is 0. The maximum Gasteiger partial charge on any atom is 0.240 e. The highest BCUT2D eigenvalue weighted by atomic mass is 16.2. The molecule has 0 aliphatic carbocycles. The van der Waals surface area contributed by atoms with E-state index in [9.17, 15) is 4.79 Å². The summed E-state index contributed by atoms with van der Waals surface area (Å²) < 4.78 is 0. The highest BCUT2D eigenvalue weighted by molar-refractivity contribution is 5.94. The zero-order valence-corrected chi connectivity index (χ0v) is 10.9. The zero-order valence-electron chi connectivity index (χ0n) is 10.9. The minimum Gasteiger partial charge on any atom is -0.310 e. The van der Waals surface area contributed by atoms with Crippen LogP contribution in [0.4, 0.5) is 5.69 Å². The molecule has 1 aromatic carbocycles. The van der Waals surface area contributed by atoms with Gasteiger partial charge in [-0.1, -0.05) is 32.0 Å². The van der Waals surface area contributed by atoms with Crippen molar-refractivity contribution >= 4 is 11.6 Å². The van der Waals surface area contributed by atoms with Crippen LogP contribution in [0.1, 0.15) is 20.3 Å². The summed E-state index contributed by atoms with van der Waals surface area (Å²) in [5.74, 6) is -0.00912. The van der Waals surface area contributed by atoms with Crippen LogP contribution in [-0.4, -0.2) is 25.0 Å². The van der Waals surface area contributed by atoms with E-state index in [0.717, 1.165) is 5.69 Å². The predicted molar refractivity (Wildman–Crippen MR) is 72.2 cm³/mol. The number of amides is 1. The van der Waals surface area contributed by atoms with Gasteiger partial charge in [-0.05, 0) is 12.1 Å². The molecule has 0 fully saturated rings. The monoisotopic (exact) mass is 245 g/mol. The van der Waals surface area contributed by atoms with Crippen LogP contribution in [0, 0.1) is 11.3 Å². The molecule has 0 unspecified atom stereocenters. The molecule has 1 amide bonds. The molecule has 1 rings (SSSR count). The van der Waals surface area contributed by atoms with Crippen LogP contribution in [0.5, 0.6) is 0 Å². The second kappa shape index (κ2) is 7.46. The van der Waals surface area contributed by atoms with Crippen LogP contribution in [-0.2, 0) is 4.79 Å². The van der Waals surface area contributed by atoms with Gasteiger partial charge in [0, 0.05) is 18.3 Å². The number of para-hydroxylation sites is 1. The Balaban J connectivity index is 2.72. The Morgan fingerprint density at radius 1 is 1.39 bits per heavy atom. The van der Waals surface area contributed by atoms with E-state index in [1.165, 1.54) is 0 Å². The Hall–Kier alpha value is -1.86. The molecule has 1 N–H and O–H groups in total. The molecule has 0 aliphatic heterocycles. The highest BCUT2D eigenvalue weighted by Gasteiger charge is 2.14. The molecule has 1 aromatic rings. The van der Waals surface area contributed by atoms with Gasteiger partial charge in [0.05, 0.1) is 19.0 Å². The molecule has 0 radical (unpaired) electrons. The topological polar surface area (TPSA) is 56.1 Å². The smallest absolute Gasteiger partial charge is 0.240 e. The van der Waals surface area contributed by atoms with E-state index in [2.05, 4.69) is 11.4 Å². The normalized spacial score (nSPS) is 10.1. The largest absolute Gasteiger partial charge is 0.310 e. The number of hydrogen-bond donors (Lipinski definition) is 1. The van der Waals surface area contributed by atoms with Crippen LogP contribution in [0.2, 0.25) is 0 Å². The first-order chi connectivity index (χ1) is 8.65. The van der Waals surface area contributed by atoms with Gasteiger partial charge in [0.25, 0.3) is 0 Å². The third-order valence-corrected chi connectivity index (χ3v) is 2.48. The number of benzene rings is 1. The first kappa shape index (κ1) is 14.2. The van der Waals surface area contributed by atoms with Crippen molar-refractivity contribution in [2.24, 2.45) is 0 Å². The fraction of sp³-hybridized carbons (Fsp3) is 0.429. The van der Waals surface area contributed by atoms with Crippen molar-refractivity contribution in [1.82, 2.24) is 5.32 Å². The Morgan fingerprint density at radius 2 is 2.06 bits per heavy atom. The molecular weight excluding hydrogens is 226 g/mol. The van der Waals surface area contributed by atoms with E-state index in [1.807, 2.05) is 44.2 Å². The van der Waals surface area contributed by atoms with Crippen LogP contribution >= 0.6 is 0 Å². The first-order valence-corrected chi connectivity index (χ1v) is 6.11. The van der Waals surface area contributed by atoms with Gasteiger partial charge in [-0.2, -0.15) is 5.26 Å². The average molecular weight is 245 g/mol. The Labute approximate surface area is 108 Å². The maximum atomic E-state index is 12.1. The number of rotatable bonds is 6. The van der Waals surface area contributed by atoms with Gasteiger partial charge >= 0.3 is 0 Å². The molecule has 0 bridgehead atoms. The van der Waals surface area contributed by atoms with Crippen LogP contribution in [0.25, 0.3) is 0 Å². The molecule has 4 nitrogen and oxygen atoms in total. The zero-order chi connectivity index (χ0) is 13.4. The quantitative estimate of drug-likeness (QED) is 0.833. The molecule has 96 valence electrons. The lowest BCUT2D eigenvalue weighted by Crippen LogP contribution is -2.40. The number of hydrogen-bond acceptors (Lipinski definition) is 3. The summed E-state index contributed by atoms with van der Waals surface area (Å²) in [5.41, 5.74) is 0.836. The van der Waals surface area contributed by atoms with Crippen molar-refractivity contribution < 1.29 is 4.79 Å². The number of carbonyl (C=O) groups excluding carboxylic acids is 1. The average Bonchev–Trinajstić information content (AvgIpc) is 2.38. The van der Waals surface area contributed by atoms with Crippen molar-refractivity contribution in [1.29, 1.82) is 5.26 Å². The number of nitrogens with one attached hydrogen (secondary N) is 1. The van der Waals surface area contributed by atoms with Gasteiger partial charge in [-0.25, -0.2) is 0 Å². The predicted octanol–water partition coefficient (Wildman–Crippen LogP) is 1.93. The number of anilines is 1. The standard InChI is InChI=1S/C14H19N3O/c1-12(2)16-11-14(18)17(10-6-9-15)13-7-4-3-5-8-13/h3-5,7-8,12,16H,6,10-11H2,1-2H3. The van der Waals surface area contributed by atoms with Crippen molar-refractivity contribution in [3.05, 3.63) is 30.3 Å². The van der Waals surface area contributed by atoms with Crippen molar-refractivity contribution in [3.63, 3.8) is 0 Å². The third-order valence-electron chi connectivity index (χ3n) is 2.48. The van der Waals surface area contributed by atoms with Gasteiger partial charge < -0.3 is 10.2 Å². The van der Waals surface area contributed by atoms with Gasteiger partial charge in [-0.3, -0.25) is 4.79 Å². The van der Waals surface area contributed by atoms with E-state index in [4.69, 9.17) is 5.26 Å². The fourth-order valence-corrected chi connectivity index (χ4v) is 1.55. The van der Waals surface area contributed by atoms with Crippen molar-refractivity contribution in [2.75, 3.05) is 18.0 Å². The summed E-state index contributed by atoms with van der Waals surface area (Å²) in [6.45, 7) is 4.71. The molecule has 4 heteroatoms. The summed E-state index contributed by atoms with van der Waals surface area (Å²) in [4.78, 5) is 13.8. The number of nitriles is 1. The molecule has 0 saturated carbocycles. The van der Waals surface area contributed by atoms with Crippen molar-refractivity contribution in [3.8, 4) is 6.07 Å². The molecule has 0 aliphatic rings. The summed E-state index contributed by atoms with van der Waals surface area (Å²) in [7, 11) is 0. The van der Waals surface area contributed by atoms with Crippen LogP contribution in [0.15, 0.2) is 30.3 Å². The minimum absolute atomic E-state index is 0.00912. The SMILES string of the molecule is CC(C)NCC(=O)N(CCC#N)c1ccccc1. The summed E-state index contributed by atoms with van der Waals surface area (Å²) in [6.07, 6.45) is 0.336. The Morgan fingerprint density at radius 3 is 2.61 bits per heavy atom. The first-order valence-electron chi connectivity index (χ1n) is 6.11. The van der Waals surface area contributed by atoms with Crippen molar-refractivity contribution in [2.45, 2.75) is 26.3 Å². The second-order valence-electron chi connectivity index (χ2n) is 4.32. The lowest BCUT2D eigenvalue weighted by molar-refractivity contribution is -0.117.